The molecule has 2 rings (SSSR count). The van der Waals surface area contributed by atoms with Crippen LogP contribution in [0.3, 0.4) is 0 Å². The van der Waals surface area contributed by atoms with Crippen LogP contribution >= 0.6 is 0 Å². The number of likely N-dealkylation sites (tertiary alicyclic amines) is 1. The SMILES string of the molecule is CC.CC1CC2(C1)CN(CCN(C)C)C2.CCC. The summed E-state index contributed by atoms with van der Waals surface area (Å²) in [4.78, 5) is 4.88. The Balaban J connectivity index is 0.000000509. The highest BCUT2D eigenvalue weighted by molar-refractivity contribution is 5.02. The highest BCUT2D eigenvalue weighted by Crippen LogP contribution is 2.51. The molecule has 0 N–H and O–H groups in total. The number of nitrogens with zero attached hydrogens (tertiary/aromatic N) is 2. The maximum atomic E-state index is 2.60. The minimum Gasteiger partial charge on any atom is -0.308 e. The van der Waals surface area contributed by atoms with Crippen molar-refractivity contribution in [3.05, 3.63) is 0 Å². The highest BCUT2D eigenvalue weighted by Gasteiger charge is 2.50. The van der Waals surface area contributed by atoms with Gasteiger partial charge in [0, 0.05) is 26.2 Å². The summed E-state index contributed by atoms with van der Waals surface area (Å²) in [5.41, 5.74) is 0.783. The van der Waals surface area contributed by atoms with E-state index in [0.29, 0.717) is 0 Å². The first-order valence-corrected chi connectivity index (χ1v) is 7.88. The van der Waals surface area contributed by atoms with E-state index >= 15 is 0 Å². The average Bonchev–Trinajstić information content (AvgIpc) is 2.23. The van der Waals surface area contributed by atoms with E-state index in [1.807, 2.05) is 13.8 Å². The van der Waals surface area contributed by atoms with Gasteiger partial charge in [-0.25, -0.2) is 0 Å². The van der Waals surface area contributed by atoms with Gasteiger partial charge in [0.25, 0.3) is 0 Å². The smallest absolute Gasteiger partial charge is 0.0110 e. The van der Waals surface area contributed by atoms with E-state index in [1.54, 1.807) is 0 Å². The Kier molecular flexibility index (Phi) is 8.89. The predicted octanol–water partition coefficient (Wildman–Crippen LogP) is 3.72. The van der Waals surface area contributed by atoms with Crippen molar-refractivity contribution in [2.75, 3.05) is 40.3 Å². The van der Waals surface area contributed by atoms with Gasteiger partial charge < -0.3 is 9.80 Å². The number of hydrogen-bond donors (Lipinski definition) is 0. The van der Waals surface area contributed by atoms with Crippen LogP contribution in [0, 0.1) is 11.3 Å². The van der Waals surface area contributed by atoms with Gasteiger partial charge in [0.2, 0.25) is 0 Å². The first-order valence-electron chi connectivity index (χ1n) is 7.88. The van der Waals surface area contributed by atoms with Gasteiger partial charge in [-0.15, -0.1) is 0 Å². The van der Waals surface area contributed by atoms with E-state index in [9.17, 15) is 0 Å². The molecule has 0 aromatic heterocycles. The Bertz CT molecular complexity index is 187. The first kappa shape index (κ1) is 17.9. The molecule has 0 bridgehead atoms. The molecule has 0 aromatic carbocycles. The molecule has 0 amide bonds. The van der Waals surface area contributed by atoms with Crippen molar-refractivity contribution in [2.45, 2.75) is 53.9 Å². The van der Waals surface area contributed by atoms with Crippen molar-refractivity contribution in [2.24, 2.45) is 11.3 Å². The van der Waals surface area contributed by atoms with Crippen LogP contribution in [0.1, 0.15) is 53.9 Å². The molecule has 0 atom stereocenters. The Morgan fingerprint density at radius 3 is 1.89 bits per heavy atom. The molecule has 0 aromatic rings. The third kappa shape index (κ3) is 5.71. The second-order valence-electron chi connectivity index (χ2n) is 6.23. The van der Waals surface area contributed by atoms with Gasteiger partial charge in [-0.1, -0.05) is 41.0 Å². The molecule has 2 heteroatoms. The Morgan fingerprint density at radius 1 is 1.11 bits per heavy atom. The molecule has 0 unspecified atom stereocenters. The molecule has 1 saturated heterocycles. The maximum absolute atomic E-state index is 2.60. The average molecular weight is 256 g/mol. The van der Waals surface area contributed by atoms with Gasteiger partial charge in [-0.2, -0.15) is 0 Å². The summed E-state index contributed by atoms with van der Waals surface area (Å²) in [6.45, 7) is 15.9. The largest absolute Gasteiger partial charge is 0.308 e. The molecule has 2 nitrogen and oxygen atoms in total. The third-order valence-corrected chi connectivity index (χ3v) is 3.54. The van der Waals surface area contributed by atoms with Gasteiger partial charge in [0.05, 0.1) is 0 Å². The van der Waals surface area contributed by atoms with Crippen LogP contribution in [0.2, 0.25) is 0 Å². The second kappa shape index (κ2) is 8.92. The highest BCUT2D eigenvalue weighted by atomic mass is 15.2. The van der Waals surface area contributed by atoms with Gasteiger partial charge >= 0.3 is 0 Å². The Morgan fingerprint density at radius 2 is 1.56 bits per heavy atom. The van der Waals surface area contributed by atoms with E-state index in [1.165, 1.54) is 45.4 Å². The number of hydrogen-bond acceptors (Lipinski definition) is 2. The lowest BCUT2D eigenvalue weighted by Gasteiger charge is -2.59. The topological polar surface area (TPSA) is 6.48 Å². The molecule has 2 aliphatic rings. The van der Waals surface area contributed by atoms with E-state index in [2.05, 4.69) is 44.7 Å². The van der Waals surface area contributed by atoms with E-state index in [4.69, 9.17) is 0 Å². The maximum Gasteiger partial charge on any atom is 0.0110 e. The monoisotopic (exact) mass is 256 g/mol. The summed E-state index contributed by atoms with van der Waals surface area (Å²) in [5, 5.41) is 0. The van der Waals surface area contributed by atoms with E-state index in [0.717, 1.165) is 11.3 Å². The Hall–Kier alpha value is -0.0800. The lowest BCUT2D eigenvalue weighted by Crippen LogP contribution is -2.62. The van der Waals surface area contributed by atoms with Crippen molar-refractivity contribution in [1.82, 2.24) is 9.80 Å². The molecule has 1 spiro atoms. The Labute approximate surface area is 116 Å². The van der Waals surface area contributed by atoms with Crippen LogP contribution in [-0.2, 0) is 0 Å². The van der Waals surface area contributed by atoms with Gasteiger partial charge in [-0.05, 0) is 38.3 Å². The van der Waals surface area contributed by atoms with Gasteiger partial charge in [-0.3, -0.25) is 0 Å². The van der Waals surface area contributed by atoms with E-state index < -0.39 is 0 Å². The molecule has 1 heterocycles. The summed E-state index contributed by atoms with van der Waals surface area (Å²) >= 11 is 0. The summed E-state index contributed by atoms with van der Waals surface area (Å²) in [6, 6.07) is 0. The molecule has 1 aliphatic carbocycles. The normalized spacial score (nSPS) is 21.3. The van der Waals surface area contributed by atoms with Crippen LogP contribution in [-0.4, -0.2) is 50.1 Å². The molecular weight excluding hydrogens is 220 g/mol. The van der Waals surface area contributed by atoms with Gasteiger partial charge in [0.1, 0.15) is 0 Å². The molecule has 2 fully saturated rings. The predicted molar refractivity (Wildman–Crippen MR) is 83.1 cm³/mol. The lowest BCUT2D eigenvalue weighted by atomic mass is 9.58. The lowest BCUT2D eigenvalue weighted by molar-refractivity contribution is -0.0899. The zero-order valence-electron chi connectivity index (χ0n) is 13.9. The number of likely N-dealkylation sites (N-methyl/N-ethyl adjacent to an activating group) is 1. The molecule has 1 saturated carbocycles. The minimum atomic E-state index is 0.783. The second-order valence-corrected chi connectivity index (χ2v) is 6.23. The summed E-state index contributed by atoms with van der Waals surface area (Å²) < 4.78 is 0. The standard InChI is InChI=1S/C11H22N2.C3H8.C2H6/c1-10-6-11(7-10)8-13(9-11)5-4-12(2)3;1-3-2;1-2/h10H,4-9H2,1-3H3;3H2,1-2H3;1-2H3. The van der Waals surface area contributed by atoms with E-state index in [-0.39, 0.29) is 0 Å². The molecule has 18 heavy (non-hydrogen) atoms. The van der Waals surface area contributed by atoms with Crippen LogP contribution in [0.4, 0.5) is 0 Å². The molecule has 0 radical (unpaired) electrons. The van der Waals surface area contributed by atoms with Crippen LogP contribution < -0.4 is 0 Å². The summed E-state index contributed by atoms with van der Waals surface area (Å²) in [7, 11) is 4.31. The zero-order chi connectivity index (χ0) is 14.2. The fourth-order valence-corrected chi connectivity index (χ4v) is 3.08. The quantitative estimate of drug-likeness (QED) is 0.759. The van der Waals surface area contributed by atoms with Gasteiger partial charge in [0.15, 0.2) is 0 Å². The van der Waals surface area contributed by atoms with Crippen molar-refractivity contribution < 1.29 is 0 Å². The van der Waals surface area contributed by atoms with Crippen molar-refractivity contribution in [3.63, 3.8) is 0 Å². The fraction of sp³-hybridized carbons (Fsp3) is 1.00. The van der Waals surface area contributed by atoms with Crippen molar-refractivity contribution in [3.8, 4) is 0 Å². The summed E-state index contributed by atoms with van der Waals surface area (Å²) in [6.07, 6.45) is 4.23. The van der Waals surface area contributed by atoms with Crippen LogP contribution in [0.5, 0.6) is 0 Å². The molecule has 1 aliphatic heterocycles. The van der Waals surface area contributed by atoms with Crippen molar-refractivity contribution >= 4 is 0 Å². The van der Waals surface area contributed by atoms with Crippen LogP contribution in [0.15, 0.2) is 0 Å². The summed E-state index contributed by atoms with van der Waals surface area (Å²) in [5.74, 6) is 1.01. The minimum absolute atomic E-state index is 0.783. The third-order valence-electron chi connectivity index (χ3n) is 3.54. The zero-order valence-corrected chi connectivity index (χ0v) is 13.9. The molecule has 110 valence electrons. The number of rotatable bonds is 3. The first-order chi connectivity index (χ1) is 8.51. The molecular formula is C16H36N2. The fourth-order valence-electron chi connectivity index (χ4n) is 3.08. The van der Waals surface area contributed by atoms with Crippen molar-refractivity contribution in [1.29, 1.82) is 0 Å². The van der Waals surface area contributed by atoms with Crippen LogP contribution in [0.25, 0.3) is 0 Å².